The number of nitrogens with one attached hydrogen (secondary N) is 2. The maximum Gasteiger partial charge on any atom is 0.268 e. The van der Waals surface area contributed by atoms with Crippen molar-refractivity contribution >= 4 is 58.0 Å². The van der Waals surface area contributed by atoms with Crippen LogP contribution in [-0.4, -0.2) is 53.7 Å². The van der Waals surface area contributed by atoms with Gasteiger partial charge in [-0.05, 0) is 29.8 Å². The van der Waals surface area contributed by atoms with Crippen LogP contribution in [0.25, 0.3) is 0 Å². The van der Waals surface area contributed by atoms with Crippen molar-refractivity contribution in [1.82, 2.24) is 20.2 Å². The molecule has 1 amide bonds. The maximum atomic E-state index is 13.0. The van der Waals surface area contributed by atoms with Gasteiger partial charge < -0.3 is 15.4 Å². The third-order valence-corrected chi connectivity index (χ3v) is 6.64. The van der Waals surface area contributed by atoms with Crippen LogP contribution in [0.4, 0.5) is 17.3 Å². The maximum absolute atomic E-state index is 13.0. The van der Waals surface area contributed by atoms with E-state index in [0.717, 1.165) is 44.0 Å². The van der Waals surface area contributed by atoms with Gasteiger partial charge in [-0.2, -0.15) is 4.98 Å². The van der Waals surface area contributed by atoms with Crippen molar-refractivity contribution in [1.29, 1.82) is 0 Å². The van der Waals surface area contributed by atoms with Gasteiger partial charge in [0, 0.05) is 49.6 Å². The van der Waals surface area contributed by atoms with E-state index in [1.807, 2.05) is 18.2 Å². The lowest BCUT2D eigenvalue weighted by Gasteiger charge is -2.29. The largest absolute Gasteiger partial charge is 0.455 e. The molecule has 176 valence electrons. The first-order valence-corrected chi connectivity index (χ1v) is 11.9. The minimum Gasteiger partial charge on any atom is -0.455 e. The third kappa shape index (κ3) is 4.78. The van der Waals surface area contributed by atoms with E-state index in [9.17, 15) is 4.79 Å². The number of para-hydroxylation sites is 1. The highest BCUT2D eigenvalue weighted by Gasteiger charge is 2.31. The van der Waals surface area contributed by atoms with E-state index in [0.29, 0.717) is 26.7 Å². The minimum absolute atomic E-state index is 0.0711. The number of amides is 1. The smallest absolute Gasteiger partial charge is 0.268 e. The summed E-state index contributed by atoms with van der Waals surface area (Å²) in [4.78, 5) is 25.4. The number of anilines is 3. The zero-order valence-electron chi connectivity index (χ0n) is 18.0. The fourth-order valence-corrected chi connectivity index (χ4v) is 4.76. The van der Waals surface area contributed by atoms with E-state index in [4.69, 9.17) is 39.5 Å². The average Bonchev–Trinajstić information content (AvgIpc) is 2.83. The Labute approximate surface area is 211 Å². The molecule has 2 aliphatic rings. The van der Waals surface area contributed by atoms with Crippen molar-refractivity contribution in [2.45, 2.75) is 6.54 Å². The van der Waals surface area contributed by atoms with Gasteiger partial charge in [-0.1, -0.05) is 46.9 Å². The number of nitrogens with zero attached hydrogens (tertiary/aromatic N) is 4. The molecule has 11 heteroatoms. The highest BCUT2D eigenvalue weighted by atomic mass is 35.5. The van der Waals surface area contributed by atoms with E-state index in [2.05, 4.69) is 25.5 Å². The molecular formula is C23H21Cl3N6O2. The molecule has 2 N–H and O–H groups in total. The number of hydrogen-bond acceptors (Lipinski definition) is 7. The van der Waals surface area contributed by atoms with Crippen LogP contribution in [0.1, 0.15) is 15.9 Å². The molecule has 0 unspecified atom stereocenters. The molecule has 1 saturated heterocycles. The van der Waals surface area contributed by atoms with Crippen LogP contribution >= 0.6 is 34.8 Å². The van der Waals surface area contributed by atoms with Crippen LogP contribution < -0.4 is 20.3 Å². The summed E-state index contributed by atoms with van der Waals surface area (Å²) >= 11 is 19.0. The van der Waals surface area contributed by atoms with Gasteiger partial charge in [-0.15, -0.1) is 0 Å². The Hall–Kier alpha value is -2.62. The second-order valence-electron chi connectivity index (χ2n) is 7.95. The van der Waals surface area contributed by atoms with Crippen molar-refractivity contribution in [3.05, 3.63) is 68.8 Å². The number of halogens is 3. The summed E-state index contributed by atoms with van der Waals surface area (Å²) < 4.78 is 5.74. The van der Waals surface area contributed by atoms with E-state index in [-0.39, 0.29) is 24.1 Å². The first-order chi connectivity index (χ1) is 16.5. The summed E-state index contributed by atoms with van der Waals surface area (Å²) in [6.45, 7) is 4.70. The lowest BCUT2D eigenvalue weighted by molar-refractivity contribution is 0.0932. The summed E-state index contributed by atoms with van der Waals surface area (Å²) in [7, 11) is 0. The molecule has 0 saturated carbocycles. The first kappa shape index (κ1) is 23.1. The van der Waals surface area contributed by atoms with E-state index < -0.39 is 0 Å². The molecule has 8 nitrogen and oxygen atoms in total. The number of carbonyl (C=O) groups excluding carboxylic acids is 1. The fraction of sp³-hybridized carbons (Fsp3) is 0.261. The molecule has 3 heterocycles. The summed E-state index contributed by atoms with van der Waals surface area (Å²) in [5.41, 5.74) is 2.41. The molecule has 0 aliphatic carbocycles. The Bertz CT molecular complexity index is 1220. The van der Waals surface area contributed by atoms with Crippen LogP contribution in [0.2, 0.25) is 15.1 Å². The topological polar surface area (TPSA) is 82.6 Å². The molecule has 0 spiro atoms. The van der Waals surface area contributed by atoms with Crippen LogP contribution in [-0.2, 0) is 6.54 Å². The summed E-state index contributed by atoms with van der Waals surface area (Å²) in [6.07, 6.45) is 1.42. The standard InChI is InChI=1S/C23H21Cl3N6O2/c24-17-2-1-3-18(25)20(17)32-13-34-21-16(22(32)33)11-28-23(30-21)29-15-5-4-14(19(26)10-15)12-31-8-6-27-7-9-31/h1-5,10-11,27H,6-9,12-13H2,(H,28,29,30). The Morgan fingerprint density at radius 2 is 1.82 bits per heavy atom. The molecule has 1 aromatic heterocycles. The highest BCUT2D eigenvalue weighted by molar-refractivity contribution is 6.40. The second kappa shape index (κ2) is 9.93. The lowest BCUT2D eigenvalue weighted by atomic mass is 10.2. The van der Waals surface area contributed by atoms with Crippen LogP contribution in [0.5, 0.6) is 5.88 Å². The Morgan fingerprint density at radius 3 is 2.56 bits per heavy atom. The SMILES string of the molecule is O=C1c2cnc(Nc3ccc(CN4CCNCC4)c(Cl)c3)nc2OCN1c1c(Cl)cccc1Cl. The zero-order chi connectivity index (χ0) is 23.7. The number of hydrogen-bond donors (Lipinski definition) is 2. The van der Waals surface area contributed by atoms with Crippen molar-refractivity contribution < 1.29 is 9.53 Å². The van der Waals surface area contributed by atoms with Gasteiger partial charge in [0.1, 0.15) is 5.56 Å². The van der Waals surface area contributed by atoms with Gasteiger partial charge in [0.25, 0.3) is 5.91 Å². The molecule has 34 heavy (non-hydrogen) atoms. The van der Waals surface area contributed by atoms with Gasteiger partial charge >= 0.3 is 0 Å². The lowest BCUT2D eigenvalue weighted by Crippen LogP contribution is -2.42. The molecule has 5 rings (SSSR count). The van der Waals surface area contributed by atoms with E-state index in [1.54, 1.807) is 18.2 Å². The summed E-state index contributed by atoms with van der Waals surface area (Å²) in [6, 6.07) is 10.8. The zero-order valence-corrected chi connectivity index (χ0v) is 20.3. The van der Waals surface area contributed by atoms with Crippen molar-refractivity contribution in [2.24, 2.45) is 0 Å². The van der Waals surface area contributed by atoms with Gasteiger partial charge in [-0.25, -0.2) is 4.98 Å². The number of piperazine rings is 1. The second-order valence-corrected chi connectivity index (χ2v) is 9.17. The monoisotopic (exact) mass is 518 g/mol. The Morgan fingerprint density at radius 1 is 1.06 bits per heavy atom. The van der Waals surface area contributed by atoms with Crippen molar-refractivity contribution in [3.63, 3.8) is 0 Å². The molecule has 1 fully saturated rings. The Kier molecular flexibility index (Phi) is 6.76. The normalized spacial score (nSPS) is 16.2. The molecule has 0 radical (unpaired) electrons. The molecule has 0 bridgehead atoms. The van der Waals surface area contributed by atoms with Gasteiger partial charge in [0.15, 0.2) is 6.73 Å². The average molecular weight is 520 g/mol. The number of fused-ring (bicyclic) bond motifs is 1. The number of benzene rings is 2. The van der Waals surface area contributed by atoms with E-state index >= 15 is 0 Å². The van der Waals surface area contributed by atoms with Crippen LogP contribution in [0.3, 0.4) is 0 Å². The number of aromatic nitrogens is 2. The van der Waals surface area contributed by atoms with Gasteiger partial charge in [-0.3, -0.25) is 14.6 Å². The number of rotatable bonds is 5. The first-order valence-electron chi connectivity index (χ1n) is 10.7. The van der Waals surface area contributed by atoms with E-state index in [1.165, 1.54) is 11.1 Å². The molecule has 0 atom stereocenters. The Balaban J connectivity index is 1.31. The molecular weight excluding hydrogens is 499 g/mol. The predicted octanol–water partition coefficient (Wildman–Crippen LogP) is 4.58. The molecule has 2 aliphatic heterocycles. The minimum atomic E-state index is -0.344. The molecule has 3 aromatic rings. The summed E-state index contributed by atoms with van der Waals surface area (Å²) in [5.74, 6) is 0.133. The van der Waals surface area contributed by atoms with Crippen LogP contribution in [0, 0.1) is 0 Å². The number of ether oxygens (including phenoxy) is 1. The highest BCUT2D eigenvalue weighted by Crippen LogP contribution is 2.37. The molecule has 2 aromatic carbocycles. The quantitative estimate of drug-likeness (QED) is 0.510. The number of carbonyl (C=O) groups is 1. The predicted molar refractivity (Wildman–Crippen MR) is 134 cm³/mol. The summed E-state index contributed by atoms with van der Waals surface area (Å²) in [5, 5.41) is 7.84. The third-order valence-electron chi connectivity index (χ3n) is 5.68. The van der Waals surface area contributed by atoms with Gasteiger partial charge in [0.2, 0.25) is 11.8 Å². The van der Waals surface area contributed by atoms with Crippen molar-refractivity contribution in [2.75, 3.05) is 43.1 Å². The fourth-order valence-electron chi connectivity index (χ4n) is 3.92. The van der Waals surface area contributed by atoms with Crippen molar-refractivity contribution in [3.8, 4) is 5.88 Å². The van der Waals surface area contributed by atoms with Gasteiger partial charge in [0.05, 0.1) is 15.7 Å². The van der Waals surface area contributed by atoms with Crippen LogP contribution in [0.15, 0.2) is 42.6 Å².